The molecule has 4 aromatic carbocycles. The molecule has 3 saturated heterocycles. The van der Waals surface area contributed by atoms with Crippen molar-refractivity contribution < 1.29 is 62.2 Å². The number of carbonyl (C=O) groups excluding carboxylic acids is 4. The Morgan fingerprint density at radius 3 is 1.80 bits per heavy atom. The van der Waals surface area contributed by atoms with E-state index in [0.29, 0.717) is 0 Å². The second kappa shape index (κ2) is 16.6. The van der Waals surface area contributed by atoms with Crippen LogP contribution in [0.5, 0.6) is 0 Å². The highest BCUT2D eigenvalue weighted by Crippen LogP contribution is 2.41. The molecule has 3 aliphatic rings. The molecule has 3 heterocycles. The number of ether oxygens (including phenoxy) is 8. The molecule has 0 amide bonds. The van der Waals surface area contributed by atoms with Crippen molar-refractivity contribution in [1.29, 1.82) is 0 Å². The number of rotatable bonds is 12. The maximum Gasteiger partial charge on any atom is 0.338 e. The zero-order chi connectivity index (χ0) is 38.5. The molecule has 0 radical (unpaired) electrons. The quantitative estimate of drug-likeness (QED) is 0.160. The van der Waals surface area contributed by atoms with Gasteiger partial charge in [-0.15, -0.1) is 0 Å². The van der Waals surface area contributed by atoms with Crippen LogP contribution in [0.25, 0.3) is 0 Å². The van der Waals surface area contributed by atoms with Gasteiger partial charge in [-0.25, -0.2) is 14.4 Å². The van der Waals surface area contributed by atoms with Crippen LogP contribution in [-0.4, -0.2) is 96.3 Å². The van der Waals surface area contributed by atoms with Gasteiger partial charge in [0, 0.05) is 0 Å². The lowest BCUT2D eigenvalue weighted by molar-refractivity contribution is -0.248. The van der Waals surface area contributed by atoms with E-state index in [1.807, 2.05) is 30.3 Å². The van der Waals surface area contributed by atoms with E-state index in [9.17, 15) is 24.3 Å². The average Bonchev–Trinajstić information content (AvgIpc) is 3.70. The van der Waals surface area contributed by atoms with Crippen LogP contribution in [0.15, 0.2) is 121 Å². The first kappa shape index (κ1) is 38.0. The minimum Gasteiger partial charge on any atom is -0.459 e. The molecule has 0 bridgehead atoms. The molecule has 7 rings (SSSR count). The highest BCUT2D eigenvalue weighted by molar-refractivity contribution is 5.96. The van der Waals surface area contributed by atoms with Gasteiger partial charge in [-0.1, -0.05) is 84.9 Å². The van der Waals surface area contributed by atoms with Crippen molar-refractivity contribution in [1.82, 2.24) is 0 Å². The van der Waals surface area contributed by atoms with E-state index >= 15 is 0 Å². The van der Waals surface area contributed by atoms with Crippen LogP contribution in [0.4, 0.5) is 0 Å². The molecule has 0 aromatic heterocycles. The molecule has 0 saturated carbocycles. The number of esters is 3. The molecule has 4 aromatic rings. The van der Waals surface area contributed by atoms with Gasteiger partial charge in [-0.3, -0.25) is 4.79 Å². The molecule has 9 atom stereocenters. The molecule has 0 spiro atoms. The number of ketones is 1. The predicted molar refractivity (Wildman–Crippen MR) is 191 cm³/mol. The lowest BCUT2D eigenvalue weighted by Crippen LogP contribution is -2.64. The number of hydrogen-bond acceptors (Lipinski definition) is 13. The summed E-state index contributed by atoms with van der Waals surface area (Å²) in [6.45, 7) is 2.97. The number of Topliss-reactive ketones (excluding diaryl/α,β-unsaturated/α-hetero) is 1. The first-order valence-corrected chi connectivity index (χ1v) is 17.9. The van der Waals surface area contributed by atoms with Crippen molar-refractivity contribution in [3.8, 4) is 0 Å². The Morgan fingerprint density at radius 2 is 1.22 bits per heavy atom. The van der Waals surface area contributed by atoms with E-state index in [2.05, 4.69) is 0 Å². The van der Waals surface area contributed by atoms with Crippen molar-refractivity contribution in [2.45, 2.75) is 81.4 Å². The van der Waals surface area contributed by atoms with Crippen LogP contribution in [0.1, 0.15) is 50.5 Å². The summed E-state index contributed by atoms with van der Waals surface area (Å²) in [5.41, 5.74) is 1.30. The summed E-state index contributed by atoms with van der Waals surface area (Å²) >= 11 is 0. The summed E-state index contributed by atoms with van der Waals surface area (Å²) in [5.74, 6) is -4.47. The number of carbonyl (C=O) groups is 4. The van der Waals surface area contributed by atoms with Crippen LogP contribution < -0.4 is 0 Å². The molecule has 286 valence electrons. The first-order valence-electron chi connectivity index (χ1n) is 17.9. The maximum absolute atomic E-state index is 14.5. The number of aliphatic hydroxyl groups excluding tert-OH is 1. The van der Waals surface area contributed by atoms with Crippen molar-refractivity contribution in [2.24, 2.45) is 0 Å². The fraction of sp³-hybridized carbons (Fsp3) is 0.333. The van der Waals surface area contributed by atoms with Gasteiger partial charge in [0.15, 0.2) is 18.2 Å². The molecular formula is C42H40O13. The Hall–Kier alpha value is -5.28. The van der Waals surface area contributed by atoms with Gasteiger partial charge in [-0.2, -0.15) is 0 Å². The third kappa shape index (κ3) is 8.67. The van der Waals surface area contributed by atoms with Gasteiger partial charge in [0.25, 0.3) is 0 Å². The van der Waals surface area contributed by atoms with Gasteiger partial charge < -0.3 is 43.0 Å². The van der Waals surface area contributed by atoms with Crippen LogP contribution in [0, 0.1) is 0 Å². The van der Waals surface area contributed by atoms with Crippen LogP contribution >= 0.6 is 0 Å². The SMILES string of the molecule is CC1(C)O[C@H]2O[C@H]([C@@H](O)[C@H]3O[C@H](COC(=O)c4ccccc4)[C@@H](OC(=O)c4ccccc4)[C@H](OC(=O)c4ccccc4)C3=O)[C@H](OCc3ccccc3)[C@H]2O1. The average molecular weight is 753 g/mol. The van der Waals surface area contributed by atoms with Crippen molar-refractivity contribution in [3.05, 3.63) is 144 Å². The minimum absolute atomic E-state index is 0.109. The van der Waals surface area contributed by atoms with E-state index in [-0.39, 0.29) is 23.3 Å². The van der Waals surface area contributed by atoms with E-state index in [4.69, 9.17) is 37.9 Å². The Kier molecular flexibility index (Phi) is 11.5. The highest BCUT2D eigenvalue weighted by Gasteiger charge is 2.61. The maximum atomic E-state index is 14.5. The summed E-state index contributed by atoms with van der Waals surface area (Å²) < 4.78 is 48.1. The van der Waals surface area contributed by atoms with E-state index in [1.54, 1.807) is 80.6 Å². The Morgan fingerprint density at radius 1 is 0.691 bits per heavy atom. The van der Waals surface area contributed by atoms with E-state index in [0.717, 1.165) is 5.56 Å². The predicted octanol–water partition coefficient (Wildman–Crippen LogP) is 4.45. The van der Waals surface area contributed by atoms with Crippen LogP contribution in [0.2, 0.25) is 0 Å². The van der Waals surface area contributed by atoms with Gasteiger partial charge in [0.1, 0.15) is 43.2 Å². The smallest absolute Gasteiger partial charge is 0.338 e. The molecular weight excluding hydrogens is 712 g/mol. The molecule has 0 aliphatic carbocycles. The standard InChI is InChI=1S/C42H40O13/c1-42(2)54-37-36(48-23-25-15-7-3-8-16-25)35(53-41(37)55-42)31(44)33-30(43)34(52-40(47)28-21-13-6-14-22-28)32(51-39(46)27-19-11-5-12-20-27)29(50-33)24-49-38(45)26-17-9-4-10-18-26/h3-22,29,31-37,41,44H,23-24H2,1-2H3/t29-,31+,32-,33+,34-,35-,36+,37-,41-/m1/s1. The Bertz CT molecular complexity index is 1940. The lowest BCUT2D eigenvalue weighted by atomic mass is 9.90. The lowest BCUT2D eigenvalue weighted by Gasteiger charge is -2.42. The second-order valence-corrected chi connectivity index (χ2v) is 13.7. The summed E-state index contributed by atoms with van der Waals surface area (Å²) in [5, 5.41) is 12.1. The topological polar surface area (TPSA) is 162 Å². The fourth-order valence-corrected chi connectivity index (χ4v) is 6.74. The van der Waals surface area contributed by atoms with Crippen molar-refractivity contribution in [2.75, 3.05) is 6.61 Å². The second-order valence-electron chi connectivity index (χ2n) is 13.7. The van der Waals surface area contributed by atoms with Gasteiger partial charge in [0.05, 0.1) is 23.3 Å². The molecule has 13 heteroatoms. The third-order valence-electron chi connectivity index (χ3n) is 9.39. The Labute approximate surface area is 317 Å². The molecule has 0 unspecified atom stereocenters. The fourth-order valence-electron chi connectivity index (χ4n) is 6.74. The number of benzene rings is 4. The Balaban J connectivity index is 1.21. The van der Waals surface area contributed by atoms with E-state index in [1.165, 1.54) is 24.3 Å². The summed E-state index contributed by atoms with van der Waals surface area (Å²) in [6.07, 6.45) is -12.4. The van der Waals surface area contributed by atoms with Gasteiger partial charge in [-0.05, 0) is 55.8 Å². The number of aliphatic hydroxyl groups is 1. The monoisotopic (exact) mass is 752 g/mol. The summed E-state index contributed by atoms with van der Waals surface area (Å²) in [4.78, 5) is 54.7. The summed E-state index contributed by atoms with van der Waals surface area (Å²) in [6, 6.07) is 33.3. The molecule has 1 N–H and O–H groups in total. The largest absolute Gasteiger partial charge is 0.459 e. The van der Waals surface area contributed by atoms with Crippen LogP contribution in [-0.2, 0) is 49.3 Å². The zero-order valence-corrected chi connectivity index (χ0v) is 30.0. The zero-order valence-electron chi connectivity index (χ0n) is 30.0. The normalized spacial score (nSPS) is 27.4. The number of fused-ring (bicyclic) bond motifs is 1. The van der Waals surface area contributed by atoms with Crippen molar-refractivity contribution >= 4 is 23.7 Å². The van der Waals surface area contributed by atoms with Crippen LogP contribution in [0.3, 0.4) is 0 Å². The van der Waals surface area contributed by atoms with Gasteiger partial charge in [0.2, 0.25) is 11.9 Å². The minimum atomic E-state index is -1.83. The van der Waals surface area contributed by atoms with Gasteiger partial charge >= 0.3 is 17.9 Å². The molecule has 3 fully saturated rings. The number of hydrogen-bond donors (Lipinski definition) is 1. The molecule has 55 heavy (non-hydrogen) atoms. The highest BCUT2D eigenvalue weighted by atomic mass is 16.8. The first-order chi connectivity index (χ1) is 26.6. The molecule has 13 nitrogen and oxygen atoms in total. The van der Waals surface area contributed by atoms with E-state index < -0.39 is 91.2 Å². The molecule has 3 aliphatic heterocycles. The third-order valence-corrected chi connectivity index (χ3v) is 9.39. The summed E-state index contributed by atoms with van der Waals surface area (Å²) in [7, 11) is 0. The van der Waals surface area contributed by atoms with Crippen molar-refractivity contribution in [3.63, 3.8) is 0 Å².